The number of rotatable bonds is 6. The molecule has 0 fully saturated rings. The fourth-order valence-electron chi connectivity index (χ4n) is 1.84. The van der Waals surface area contributed by atoms with Gasteiger partial charge in [-0.25, -0.2) is 4.79 Å². The molecule has 1 aromatic rings. The largest absolute Gasteiger partial charge is 0.497 e. The second kappa shape index (κ2) is 5.73. The second-order valence-corrected chi connectivity index (χ2v) is 4.03. The van der Waals surface area contributed by atoms with Gasteiger partial charge in [0.25, 0.3) is 0 Å². The molecular weight excluding hydrogens is 234 g/mol. The molecule has 5 heteroatoms. The molecular formula is C13H19NO4. The minimum Gasteiger partial charge on any atom is -0.497 e. The maximum absolute atomic E-state index is 11.5. The summed E-state index contributed by atoms with van der Waals surface area (Å²) in [6.45, 7) is 3.99. The van der Waals surface area contributed by atoms with Crippen molar-refractivity contribution in [2.75, 3.05) is 20.8 Å². The quantitative estimate of drug-likeness (QED) is 0.806. The van der Waals surface area contributed by atoms with Gasteiger partial charge in [0.05, 0.1) is 14.2 Å². The molecule has 0 aliphatic carbocycles. The van der Waals surface area contributed by atoms with E-state index in [2.05, 4.69) is 5.32 Å². The fraction of sp³-hybridized carbons (Fsp3) is 0.462. The van der Waals surface area contributed by atoms with E-state index in [4.69, 9.17) is 9.47 Å². The molecule has 1 atom stereocenters. The van der Waals surface area contributed by atoms with Crippen LogP contribution in [-0.2, 0) is 10.3 Å². The van der Waals surface area contributed by atoms with Gasteiger partial charge in [0.1, 0.15) is 17.0 Å². The SMILES string of the molecule is CCNC(C)(C(=O)O)c1cc(OC)ccc1OC. The highest BCUT2D eigenvalue weighted by atomic mass is 16.5. The van der Waals surface area contributed by atoms with Gasteiger partial charge in [-0.3, -0.25) is 5.32 Å². The molecule has 1 aromatic carbocycles. The van der Waals surface area contributed by atoms with Gasteiger partial charge in [0.15, 0.2) is 0 Å². The highest BCUT2D eigenvalue weighted by molar-refractivity contribution is 5.81. The number of carboxylic acid groups (broad SMARTS) is 1. The average Bonchev–Trinajstić information content (AvgIpc) is 2.37. The van der Waals surface area contributed by atoms with Crippen LogP contribution in [0.5, 0.6) is 11.5 Å². The molecule has 0 radical (unpaired) electrons. The maximum atomic E-state index is 11.5. The molecule has 1 unspecified atom stereocenters. The lowest BCUT2D eigenvalue weighted by Gasteiger charge is -2.28. The van der Waals surface area contributed by atoms with Gasteiger partial charge in [0.2, 0.25) is 0 Å². The van der Waals surface area contributed by atoms with Gasteiger partial charge in [0, 0.05) is 5.56 Å². The highest BCUT2D eigenvalue weighted by Crippen LogP contribution is 2.33. The second-order valence-electron chi connectivity index (χ2n) is 4.03. The Morgan fingerprint density at radius 3 is 2.50 bits per heavy atom. The van der Waals surface area contributed by atoms with Crippen LogP contribution in [0.15, 0.2) is 18.2 Å². The summed E-state index contributed by atoms with van der Waals surface area (Å²) in [5.41, 5.74) is -0.673. The summed E-state index contributed by atoms with van der Waals surface area (Å²) in [6, 6.07) is 5.11. The third-order valence-corrected chi connectivity index (χ3v) is 2.90. The van der Waals surface area contributed by atoms with Crippen molar-refractivity contribution in [1.82, 2.24) is 5.32 Å². The third kappa shape index (κ3) is 2.56. The predicted octanol–water partition coefficient (Wildman–Crippen LogP) is 1.61. The number of hydrogen-bond acceptors (Lipinski definition) is 4. The van der Waals surface area contributed by atoms with Crippen LogP contribution in [0.1, 0.15) is 19.4 Å². The van der Waals surface area contributed by atoms with Crippen LogP contribution >= 0.6 is 0 Å². The molecule has 100 valence electrons. The van der Waals surface area contributed by atoms with Gasteiger partial charge in [-0.1, -0.05) is 6.92 Å². The molecule has 0 amide bonds. The van der Waals surface area contributed by atoms with Gasteiger partial charge in [-0.05, 0) is 31.7 Å². The standard InChI is InChI=1S/C13H19NO4/c1-5-14-13(2,12(15)16)10-8-9(17-3)6-7-11(10)18-4/h6-8,14H,5H2,1-4H3,(H,15,16). The molecule has 5 nitrogen and oxygen atoms in total. The number of nitrogens with one attached hydrogen (secondary N) is 1. The summed E-state index contributed by atoms with van der Waals surface area (Å²) in [4.78, 5) is 11.5. The van der Waals surface area contributed by atoms with Crippen LogP contribution in [0.25, 0.3) is 0 Å². The van der Waals surface area contributed by atoms with Crippen LogP contribution < -0.4 is 14.8 Å². The number of ether oxygens (including phenoxy) is 2. The molecule has 0 saturated heterocycles. The van der Waals surface area contributed by atoms with Crippen molar-refractivity contribution in [2.45, 2.75) is 19.4 Å². The summed E-state index contributed by atoms with van der Waals surface area (Å²) < 4.78 is 10.4. The average molecular weight is 253 g/mol. The van der Waals surface area contributed by atoms with Crippen LogP contribution in [-0.4, -0.2) is 31.8 Å². The number of carboxylic acids is 1. The van der Waals surface area contributed by atoms with E-state index < -0.39 is 11.5 Å². The van der Waals surface area contributed by atoms with Gasteiger partial charge in [-0.15, -0.1) is 0 Å². The van der Waals surface area contributed by atoms with E-state index in [1.165, 1.54) is 14.2 Å². The van der Waals surface area contributed by atoms with Crippen LogP contribution in [0.2, 0.25) is 0 Å². The summed E-state index contributed by atoms with van der Waals surface area (Å²) in [5.74, 6) is 0.147. The van der Waals surface area contributed by atoms with E-state index in [-0.39, 0.29) is 0 Å². The van der Waals surface area contributed by atoms with E-state index in [1.54, 1.807) is 25.1 Å². The molecule has 0 aliphatic heterocycles. The zero-order valence-corrected chi connectivity index (χ0v) is 11.1. The number of carbonyl (C=O) groups is 1. The zero-order chi connectivity index (χ0) is 13.8. The lowest BCUT2D eigenvalue weighted by molar-refractivity contribution is -0.144. The lowest BCUT2D eigenvalue weighted by atomic mass is 9.91. The topological polar surface area (TPSA) is 67.8 Å². The van der Waals surface area contributed by atoms with Gasteiger partial charge < -0.3 is 14.6 Å². The first-order valence-electron chi connectivity index (χ1n) is 5.70. The van der Waals surface area contributed by atoms with E-state index >= 15 is 0 Å². The molecule has 0 heterocycles. The van der Waals surface area contributed by atoms with E-state index in [9.17, 15) is 9.90 Å². The summed E-state index contributed by atoms with van der Waals surface area (Å²) in [7, 11) is 3.05. The molecule has 0 spiro atoms. The van der Waals surface area contributed by atoms with Gasteiger partial charge >= 0.3 is 5.97 Å². The number of likely N-dealkylation sites (N-methyl/N-ethyl adjacent to an activating group) is 1. The van der Waals surface area contributed by atoms with Crippen molar-refractivity contribution in [1.29, 1.82) is 0 Å². The Kier molecular flexibility index (Phi) is 4.55. The molecule has 2 N–H and O–H groups in total. The maximum Gasteiger partial charge on any atom is 0.328 e. The predicted molar refractivity (Wildman–Crippen MR) is 68.2 cm³/mol. The number of hydrogen-bond donors (Lipinski definition) is 2. The van der Waals surface area contributed by atoms with Crippen LogP contribution in [0, 0.1) is 0 Å². The first-order chi connectivity index (χ1) is 8.49. The number of methoxy groups -OCH3 is 2. The summed E-state index contributed by atoms with van der Waals surface area (Å²) in [6.07, 6.45) is 0. The van der Waals surface area contributed by atoms with Crippen molar-refractivity contribution >= 4 is 5.97 Å². The smallest absolute Gasteiger partial charge is 0.328 e. The Hall–Kier alpha value is -1.75. The Bertz CT molecular complexity index is 433. The number of aliphatic carboxylic acids is 1. The molecule has 18 heavy (non-hydrogen) atoms. The van der Waals surface area contributed by atoms with E-state index in [0.717, 1.165) is 0 Å². The minimum absolute atomic E-state index is 0.515. The van der Waals surface area contributed by atoms with Gasteiger partial charge in [-0.2, -0.15) is 0 Å². The van der Waals surface area contributed by atoms with Crippen molar-refractivity contribution in [3.8, 4) is 11.5 Å². The summed E-state index contributed by atoms with van der Waals surface area (Å²) in [5, 5.41) is 12.4. The zero-order valence-electron chi connectivity index (χ0n) is 11.1. The molecule has 0 bridgehead atoms. The molecule has 0 aliphatic rings. The Labute approximate surface area is 107 Å². The Morgan fingerprint density at radius 2 is 2.06 bits per heavy atom. The highest BCUT2D eigenvalue weighted by Gasteiger charge is 2.37. The Balaban J connectivity index is 3.37. The van der Waals surface area contributed by atoms with Crippen molar-refractivity contribution < 1.29 is 19.4 Å². The third-order valence-electron chi connectivity index (χ3n) is 2.90. The van der Waals surface area contributed by atoms with Crippen LogP contribution in [0.3, 0.4) is 0 Å². The molecule has 1 rings (SSSR count). The van der Waals surface area contributed by atoms with E-state index in [0.29, 0.717) is 23.6 Å². The lowest BCUT2D eigenvalue weighted by Crippen LogP contribution is -2.46. The first kappa shape index (κ1) is 14.3. The van der Waals surface area contributed by atoms with Crippen molar-refractivity contribution in [2.24, 2.45) is 0 Å². The normalized spacial score (nSPS) is 13.8. The minimum atomic E-state index is -1.21. The van der Waals surface area contributed by atoms with Crippen molar-refractivity contribution in [3.63, 3.8) is 0 Å². The fourth-order valence-corrected chi connectivity index (χ4v) is 1.84. The van der Waals surface area contributed by atoms with Crippen LogP contribution in [0.4, 0.5) is 0 Å². The monoisotopic (exact) mass is 253 g/mol. The first-order valence-corrected chi connectivity index (χ1v) is 5.70. The Morgan fingerprint density at radius 1 is 1.39 bits per heavy atom. The summed E-state index contributed by atoms with van der Waals surface area (Å²) >= 11 is 0. The number of benzene rings is 1. The molecule has 0 aromatic heterocycles. The molecule has 0 saturated carbocycles. The van der Waals surface area contributed by atoms with E-state index in [1.807, 2.05) is 6.92 Å². The van der Waals surface area contributed by atoms with Crippen molar-refractivity contribution in [3.05, 3.63) is 23.8 Å².